The molecule has 0 unspecified atom stereocenters. The fraction of sp³-hybridized carbons (Fsp3) is 1.00. The second-order valence-electron chi connectivity index (χ2n) is 1.87. The van der Waals surface area contributed by atoms with Crippen LogP contribution in [-0.4, -0.2) is 18.0 Å². The first-order valence-corrected chi connectivity index (χ1v) is 3.80. The summed E-state index contributed by atoms with van der Waals surface area (Å²) in [6.45, 7) is 4.19. The predicted octanol–water partition coefficient (Wildman–Crippen LogP) is 2.19. The molecule has 0 N–H and O–H groups in total. The summed E-state index contributed by atoms with van der Waals surface area (Å²) < 4.78 is 5.06. The Morgan fingerprint density at radius 3 is 2.25 bits per heavy atom. The van der Waals surface area contributed by atoms with Gasteiger partial charge in [0.15, 0.2) is 0 Å². The lowest BCUT2D eigenvalue weighted by atomic mass is 10.2. The number of ether oxygens (including phenoxy) is 1. The minimum absolute atomic E-state index is 0.333. The third kappa shape index (κ3) is 2.68. The van der Waals surface area contributed by atoms with Crippen LogP contribution >= 0.6 is 15.9 Å². The topological polar surface area (TPSA) is 9.23 Å². The van der Waals surface area contributed by atoms with Crippen LogP contribution in [0.3, 0.4) is 0 Å². The third-order valence-electron chi connectivity index (χ3n) is 1.27. The highest BCUT2D eigenvalue weighted by Gasteiger charge is 2.08. The minimum Gasteiger partial charge on any atom is -0.381 e. The van der Waals surface area contributed by atoms with Crippen LogP contribution in [0.25, 0.3) is 0 Å². The SMILES string of the molecule is CC[C@@H](Br)[C@@H](C)OC. The second kappa shape index (κ2) is 4.33. The van der Waals surface area contributed by atoms with E-state index in [1.165, 1.54) is 0 Å². The number of hydrogen-bond donors (Lipinski definition) is 0. The molecular weight excluding hydrogens is 168 g/mol. The molecule has 0 aliphatic rings. The van der Waals surface area contributed by atoms with Gasteiger partial charge in [-0.25, -0.2) is 0 Å². The average molecular weight is 181 g/mol. The predicted molar refractivity (Wildman–Crippen MR) is 39.5 cm³/mol. The van der Waals surface area contributed by atoms with Gasteiger partial charge < -0.3 is 4.74 Å². The van der Waals surface area contributed by atoms with Gasteiger partial charge in [0.2, 0.25) is 0 Å². The molecule has 0 aliphatic heterocycles. The molecule has 0 radical (unpaired) electrons. The van der Waals surface area contributed by atoms with E-state index in [1.54, 1.807) is 7.11 Å². The quantitative estimate of drug-likeness (QED) is 0.606. The molecule has 0 spiro atoms. The van der Waals surface area contributed by atoms with Gasteiger partial charge in [0.25, 0.3) is 0 Å². The molecule has 0 aromatic heterocycles. The Bertz CT molecular complexity index is 48.5. The van der Waals surface area contributed by atoms with E-state index in [2.05, 4.69) is 29.8 Å². The van der Waals surface area contributed by atoms with Crippen molar-refractivity contribution in [2.24, 2.45) is 0 Å². The van der Waals surface area contributed by atoms with Gasteiger partial charge in [-0.15, -0.1) is 0 Å². The molecule has 0 aromatic carbocycles. The maximum Gasteiger partial charge on any atom is 0.0668 e. The molecule has 1 nitrogen and oxygen atoms in total. The normalized spacial score (nSPS) is 18.0. The molecule has 0 heterocycles. The van der Waals surface area contributed by atoms with Crippen molar-refractivity contribution in [1.82, 2.24) is 0 Å². The zero-order chi connectivity index (χ0) is 6.57. The summed E-state index contributed by atoms with van der Waals surface area (Å²) in [6, 6.07) is 0. The van der Waals surface area contributed by atoms with Gasteiger partial charge in [0, 0.05) is 11.9 Å². The smallest absolute Gasteiger partial charge is 0.0668 e. The van der Waals surface area contributed by atoms with Crippen LogP contribution in [0.15, 0.2) is 0 Å². The van der Waals surface area contributed by atoms with Crippen LogP contribution in [0.5, 0.6) is 0 Å². The lowest BCUT2D eigenvalue weighted by Gasteiger charge is -2.13. The molecule has 0 amide bonds. The molecule has 0 saturated carbocycles. The van der Waals surface area contributed by atoms with Crippen LogP contribution in [0.1, 0.15) is 20.3 Å². The summed E-state index contributed by atoms with van der Waals surface area (Å²) >= 11 is 3.48. The molecule has 50 valence electrons. The van der Waals surface area contributed by atoms with Crippen LogP contribution in [0.4, 0.5) is 0 Å². The van der Waals surface area contributed by atoms with E-state index in [9.17, 15) is 0 Å². The van der Waals surface area contributed by atoms with Gasteiger partial charge >= 0.3 is 0 Å². The van der Waals surface area contributed by atoms with Crippen molar-refractivity contribution in [3.05, 3.63) is 0 Å². The Hall–Kier alpha value is 0.440. The van der Waals surface area contributed by atoms with Crippen LogP contribution in [-0.2, 0) is 4.74 Å². The molecule has 8 heavy (non-hydrogen) atoms. The molecule has 0 aliphatic carbocycles. The maximum atomic E-state index is 5.06. The summed E-state index contributed by atoms with van der Waals surface area (Å²) in [5, 5.41) is 0. The highest BCUT2D eigenvalue weighted by Crippen LogP contribution is 2.11. The third-order valence-corrected chi connectivity index (χ3v) is 2.66. The number of alkyl halides is 1. The summed E-state index contributed by atoms with van der Waals surface area (Å²) in [4.78, 5) is 0.507. The molecule has 2 atom stereocenters. The van der Waals surface area contributed by atoms with E-state index in [4.69, 9.17) is 4.74 Å². The lowest BCUT2D eigenvalue weighted by molar-refractivity contribution is 0.117. The fourth-order valence-corrected chi connectivity index (χ4v) is 0.695. The van der Waals surface area contributed by atoms with Crippen molar-refractivity contribution in [1.29, 1.82) is 0 Å². The van der Waals surface area contributed by atoms with Gasteiger partial charge in [-0.05, 0) is 13.3 Å². The summed E-state index contributed by atoms with van der Waals surface area (Å²) in [5.74, 6) is 0. The van der Waals surface area contributed by atoms with Crippen LogP contribution in [0.2, 0.25) is 0 Å². The molecule has 0 rings (SSSR count). The Morgan fingerprint density at radius 2 is 2.12 bits per heavy atom. The van der Waals surface area contributed by atoms with Crippen molar-refractivity contribution < 1.29 is 4.74 Å². The lowest BCUT2D eigenvalue weighted by Crippen LogP contribution is -2.17. The second-order valence-corrected chi connectivity index (χ2v) is 3.04. The Kier molecular flexibility index (Phi) is 4.57. The molecule has 0 bridgehead atoms. The van der Waals surface area contributed by atoms with E-state index < -0.39 is 0 Å². The van der Waals surface area contributed by atoms with Crippen LogP contribution in [0, 0.1) is 0 Å². The van der Waals surface area contributed by atoms with E-state index >= 15 is 0 Å². The number of halogens is 1. The fourth-order valence-electron chi connectivity index (χ4n) is 0.480. The number of hydrogen-bond acceptors (Lipinski definition) is 1. The maximum absolute atomic E-state index is 5.06. The number of rotatable bonds is 3. The van der Waals surface area contributed by atoms with E-state index in [0.29, 0.717) is 10.9 Å². The van der Waals surface area contributed by atoms with Gasteiger partial charge in [-0.1, -0.05) is 22.9 Å². The Balaban J connectivity index is 3.29. The molecule has 0 aromatic rings. The van der Waals surface area contributed by atoms with Crippen molar-refractivity contribution in [3.63, 3.8) is 0 Å². The van der Waals surface area contributed by atoms with Gasteiger partial charge in [-0.2, -0.15) is 0 Å². The summed E-state index contributed by atoms with van der Waals surface area (Å²) in [5.41, 5.74) is 0. The monoisotopic (exact) mass is 180 g/mol. The van der Waals surface area contributed by atoms with E-state index in [1.807, 2.05) is 0 Å². The van der Waals surface area contributed by atoms with Crippen molar-refractivity contribution in [3.8, 4) is 0 Å². The Morgan fingerprint density at radius 1 is 1.62 bits per heavy atom. The molecular formula is C6H13BrO. The standard InChI is InChI=1S/C6H13BrO/c1-4-6(7)5(2)8-3/h5-6H,4H2,1-3H3/t5-,6-/m1/s1. The first-order chi connectivity index (χ1) is 3.72. The number of methoxy groups -OCH3 is 1. The van der Waals surface area contributed by atoms with Crippen molar-refractivity contribution in [2.75, 3.05) is 7.11 Å². The Labute approximate surface area is 59.5 Å². The first kappa shape index (κ1) is 8.44. The summed E-state index contributed by atoms with van der Waals surface area (Å²) in [6.07, 6.45) is 1.45. The zero-order valence-corrected chi connectivity index (χ0v) is 7.23. The molecule has 0 saturated heterocycles. The largest absolute Gasteiger partial charge is 0.381 e. The molecule has 0 fully saturated rings. The van der Waals surface area contributed by atoms with E-state index in [0.717, 1.165) is 6.42 Å². The van der Waals surface area contributed by atoms with Crippen molar-refractivity contribution >= 4 is 15.9 Å². The first-order valence-electron chi connectivity index (χ1n) is 2.89. The van der Waals surface area contributed by atoms with Crippen molar-refractivity contribution in [2.45, 2.75) is 31.2 Å². The van der Waals surface area contributed by atoms with E-state index in [-0.39, 0.29) is 0 Å². The highest BCUT2D eigenvalue weighted by molar-refractivity contribution is 9.09. The van der Waals surface area contributed by atoms with Gasteiger partial charge in [0.1, 0.15) is 0 Å². The average Bonchev–Trinajstić information content (AvgIpc) is 1.84. The minimum atomic E-state index is 0.333. The van der Waals surface area contributed by atoms with Crippen LogP contribution < -0.4 is 0 Å². The summed E-state index contributed by atoms with van der Waals surface area (Å²) in [7, 11) is 1.73. The zero-order valence-electron chi connectivity index (χ0n) is 5.65. The van der Waals surface area contributed by atoms with Gasteiger partial charge in [0.05, 0.1) is 6.10 Å². The molecule has 2 heteroatoms. The van der Waals surface area contributed by atoms with Gasteiger partial charge in [-0.3, -0.25) is 0 Å². The highest BCUT2D eigenvalue weighted by atomic mass is 79.9.